The topological polar surface area (TPSA) is 36.4 Å². The van der Waals surface area contributed by atoms with Gasteiger partial charge in [-0.25, -0.2) is 4.98 Å². The summed E-state index contributed by atoms with van der Waals surface area (Å²) in [6.07, 6.45) is 0.833. The zero-order chi connectivity index (χ0) is 18.7. The molecule has 0 aliphatic carbocycles. The first-order valence-corrected chi connectivity index (χ1v) is 9.80. The highest BCUT2D eigenvalue weighted by Crippen LogP contribution is 2.31. The van der Waals surface area contributed by atoms with Crippen LogP contribution in [0.25, 0.3) is 10.2 Å². The van der Waals surface area contributed by atoms with Crippen LogP contribution in [-0.4, -0.2) is 43.0 Å². The average Bonchev–Trinajstić information content (AvgIpc) is 3.01. The molecule has 0 unspecified atom stereocenters. The number of hydrogen-bond acceptors (Lipinski definition) is 4. The van der Waals surface area contributed by atoms with Crippen molar-refractivity contribution >= 4 is 68.2 Å². The van der Waals surface area contributed by atoms with Crippen molar-refractivity contribution in [1.29, 1.82) is 0 Å². The van der Waals surface area contributed by atoms with Gasteiger partial charge in [0.05, 0.1) is 20.8 Å². The number of nitrogens with zero attached hydrogens (tertiary/aromatic N) is 3. The fourth-order valence-corrected chi connectivity index (χ4v) is 4.09. The summed E-state index contributed by atoms with van der Waals surface area (Å²) in [4.78, 5) is 21.6. The van der Waals surface area contributed by atoms with Gasteiger partial charge in [0.25, 0.3) is 5.91 Å². The van der Waals surface area contributed by atoms with Crippen molar-refractivity contribution in [3.05, 3.63) is 58.1 Å². The Morgan fingerprint density at radius 1 is 1.11 bits per heavy atom. The molecule has 27 heavy (non-hydrogen) atoms. The molecule has 0 radical (unpaired) electrons. The van der Waals surface area contributed by atoms with Crippen molar-refractivity contribution in [2.24, 2.45) is 0 Å². The fourth-order valence-electron chi connectivity index (χ4n) is 2.61. The molecule has 1 aromatic heterocycles. The van der Waals surface area contributed by atoms with Crippen molar-refractivity contribution in [3.8, 4) is 0 Å². The highest BCUT2D eigenvalue weighted by atomic mass is 35.5. The average molecular weight is 445 g/mol. The minimum absolute atomic E-state index is 0. The van der Waals surface area contributed by atoms with Crippen molar-refractivity contribution in [2.45, 2.75) is 6.42 Å². The van der Waals surface area contributed by atoms with Gasteiger partial charge in [-0.2, -0.15) is 0 Å². The summed E-state index contributed by atoms with van der Waals surface area (Å²) in [5.74, 6) is -0.163. The van der Waals surface area contributed by atoms with E-state index in [0.29, 0.717) is 27.3 Å². The number of carbonyl (C=O) groups is 1. The number of para-hydroxylation sites is 1. The lowest BCUT2D eigenvalue weighted by Crippen LogP contribution is -2.33. The summed E-state index contributed by atoms with van der Waals surface area (Å²) in [6.45, 7) is 1.44. The number of thiazole rings is 1. The van der Waals surface area contributed by atoms with Gasteiger partial charge in [-0.05, 0) is 57.4 Å². The Kier molecular flexibility index (Phi) is 7.89. The zero-order valence-electron chi connectivity index (χ0n) is 15.0. The maximum absolute atomic E-state index is 13.2. The summed E-state index contributed by atoms with van der Waals surface area (Å²) in [6, 6.07) is 12.8. The van der Waals surface area contributed by atoms with Gasteiger partial charge in [-0.15, -0.1) is 12.4 Å². The molecule has 0 fully saturated rings. The number of benzene rings is 2. The smallest absolute Gasteiger partial charge is 0.261 e. The molecule has 3 aromatic rings. The van der Waals surface area contributed by atoms with E-state index in [4.69, 9.17) is 23.2 Å². The summed E-state index contributed by atoms with van der Waals surface area (Å²) in [5.41, 5.74) is 1.32. The van der Waals surface area contributed by atoms with E-state index in [9.17, 15) is 4.79 Å². The highest BCUT2D eigenvalue weighted by Gasteiger charge is 2.23. The molecule has 0 aliphatic heterocycles. The Bertz CT molecular complexity index is 896. The lowest BCUT2D eigenvalue weighted by molar-refractivity contribution is 0.0986. The first-order valence-electron chi connectivity index (χ1n) is 8.23. The molecule has 0 N–H and O–H groups in total. The van der Waals surface area contributed by atoms with Crippen LogP contribution >= 0.6 is 46.9 Å². The fraction of sp³-hybridized carbons (Fsp3) is 0.263. The van der Waals surface area contributed by atoms with E-state index in [1.54, 1.807) is 23.1 Å². The molecule has 0 saturated carbocycles. The lowest BCUT2D eigenvalue weighted by atomic mass is 10.2. The molecular formula is C19H20Cl3N3OS. The third-order valence-corrected chi connectivity index (χ3v) is 5.51. The van der Waals surface area contributed by atoms with Crippen LogP contribution in [0.3, 0.4) is 0 Å². The maximum atomic E-state index is 13.2. The van der Waals surface area contributed by atoms with Gasteiger partial charge in [-0.1, -0.05) is 46.7 Å². The van der Waals surface area contributed by atoms with Gasteiger partial charge in [0, 0.05) is 11.6 Å². The molecule has 1 amide bonds. The number of rotatable bonds is 6. The van der Waals surface area contributed by atoms with E-state index in [1.807, 2.05) is 38.4 Å². The summed E-state index contributed by atoms with van der Waals surface area (Å²) in [5, 5.41) is 1.54. The van der Waals surface area contributed by atoms with Gasteiger partial charge in [0.2, 0.25) is 0 Å². The quantitative estimate of drug-likeness (QED) is 0.495. The summed E-state index contributed by atoms with van der Waals surface area (Å²) < 4.78 is 1.05. The molecule has 0 atom stereocenters. The van der Waals surface area contributed by atoms with Gasteiger partial charge in [-0.3, -0.25) is 9.69 Å². The number of aromatic nitrogens is 1. The van der Waals surface area contributed by atoms with Gasteiger partial charge >= 0.3 is 0 Å². The number of carbonyl (C=O) groups excluding carboxylic acids is 1. The molecular weight excluding hydrogens is 425 g/mol. The third kappa shape index (κ3) is 5.33. The van der Waals surface area contributed by atoms with E-state index in [-0.39, 0.29) is 18.3 Å². The Morgan fingerprint density at radius 3 is 2.52 bits per heavy atom. The normalized spacial score (nSPS) is 10.9. The first kappa shape index (κ1) is 21.9. The van der Waals surface area contributed by atoms with Crippen LogP contribution in [0.4, 0.5) is 5.13 Å². The van der Waals surface area contributed by atoms with Crippen LogP contribution in [0.5, 0.6) is 0 Å². The minimum atomic E-state index is -0.163. The second-order valence-corrected chi connectivity index (χ2v) is 8.05. The zero-order valence-corrected chi connectivity index (χ0v) is 18.1. The van der Waals surface area contributed by atoms with Gasteiger partial charge in [0.15, 0.2) is 5.13 Å². The standard InChI is InChI=1S/C19H19Cl2N3OS.ClH/c1-23(2)10-5-11-24(18(25)14-9-8-13(20)12-15(14)21)19-22-16-6-3-4-7-17(16)26-19;/h3-4,6-9,12H,5,10-11H2,1-2H3;1H. The second-order valence-electron chi connectivity index (χ2n) is 6.20. The van der Waals surface area contributed by atoms with Crippen LogP contribution in [0.1, 0.15) is 16.8 Å². The number of fused-ring (bicyclic) bond motifs is 1. The van der Waals surface area contributed by atoms with Crippen LogP contribution in [0.15, 0.2) is 42.5 Å². The van der Waals surface area contributed by atoms with Crippen LogP contribution in [-0.2, 0) is 0 Å². The lowest BCUT2D eigenvalue weighted by Gasteiger charge is -2.21. The maximum Gasteiger partial charge on any atom is 0.261 e. The molecule has 2 aromatic carbocycles. The summed E-state index contributed by atoms with van der Waals surface area (Å²) >= 11 is 13.7. The first-order chi connectivity index (χ1) is 12.5. The van der Waals surface area contributed by atoms with Crippen LogP contribution in [0.2, 0.25) is 10.0 Å². The molecule has 0 spiro atoms. The third-order valence-electron chi connectivity index (χ3n) is 3.91. The van der Waals surface area contributed by atoms with Crippen molar-refractivity contribution in [1.82, 2.24) is 9.88 Å². The van der Waals surface area contributed by atoms with Crippen LogP contribution < -0.4 is 4.90 Å². The Labute approximate surface area is 179 Å². The molecule has 144 valence electrons. The van der Waals surface area contributed by atoms with E-state index < -0.39 is 0 Å². The number of anilines is 1. The molecule has 0 bridgehead atoms. The van der Waals surface area contributed by atoms with E-state index in [0.717, 1.165) is 23.2 Å². The van der Waals surface area contributed by atoms with Gasteiger partial charge in [0.1, 0.15) is 0 Å². The number of halogens is 3. The second kappa shape index (κ2) is 9.71. The predicted molar refractivity (Wildman–Crippen MR) is 118 cm³/mol. The molecule has 1 heterocycles. The van der Waals surface area contributed by atoms with Crippen molar-refractivity contribution < 1.29 is 4.79 Å². The monoisotopic (exact) mass is 443 g/mol. The molecule has 0 saturated heterocycles. The Balaban J connectivity index is 0.00000261. The molecule has 4 nitrogen and oxygen atoms in total. The van der Waals surface area contributed by atoms with Crippen LogP contribution in [0, 0.1) is 0 Å². The van der Waals surface area contributed by atoms with Gasteiger partial charge < -0.3 is 4.90 Å². The molecule has 8 heteroatoms. The Morgan fingerprint density at radius 2 is 1.85 bits per heavy atom. The SMILES string of the molecule is CN(C)CCCN(C(=O)c1ccc(Cl)cc1Cl)c1nc2ccccc2s1.Cl. The highest BCUT2D eigenvalue weighted by molar-refractivity contribution is 7.22. The largest absolute Gasteiger partial charge is 0.309 e. The van der Waals surface area contributed by atoms with E-state index >= 15 is 0 Å². The van der Waals surface area contributed by atoms with Crippen molar-refractivity contribution in [3.63, 3.8) is 0 Å². The number of hydrogen-bond donors (Lipinski definition) is 0. The molecule has 0 aliphatic rings. The number of amides is 1. The van der Waals surface area contributed by atoms with E-state index in [1.165, 1.54) is 11.3 Å². The van der Waals surface area contributed by atoms with Crippen molar-refractivity contribution in [2.75, 3.05) is 32.1 Å². The summed E-state index contributed by atoms with van der Waals surface area (Å²) in [7, 11) is 4.03. The predicted octanol–water partition coefficient (Wildman–Crippen LogP) is 5.62. The van der Waals surface area contributed by atoms with E-state index in [2.05, 4.69) is 9.88 Å². The molecule has 3 rings (SSSR count). The minimum Gasteiger partial charge on any atom is -0.309 e. The Hall–Kier alpha value is -1.37.